The Balaban J connectivity index is 1.86. The molecule has 1 amide bonds. The summed E-state index contributed by atoms with van der Waals surface area (Å²) in [6.45, 7) is 0.625. The van der Waals surface area contributed by atoms with Crippen LogP contribution in [0.2, 0.25) is 0 Å². The Labute approximate surface area is 135 Å². The van der Waals surface area contributed by atoms with Crippen molar-refractivity contribution in [1.29, 1.82) is 0 Å². The van der Waals surface area contributed by atoms with E-state index < -0.39 is 18.1 Å². The number of hydrogen-bond donors (Lipinski definition) is 2. The molecule has 23 heavy (non-hydrogen) atoms. The molecule has 0 aromatic heterocycles. The number of amides is 1. The van der Waals surface area contributed by atoms with Crippen molar-refractivity contribution in [3.63, 3.8) is 0 Å². The number of aliphatic carboxylic acids is 1. The molecule has 0 spiro atoms. The van der Waals surface area contributed by atoms with Crippen LogP contribution in [0.1, 0.15) is 31.2 Å². The van der Waals surface area contributed by atoms with E-state index in [1.54, 1.807) is 7.11 Å². The van der Waals surface area contributed by atoms with E-state index in [1.807, 2.05) is 30.3 Å². The van der Waals surface area contributed by atoms with Gasteiger partial charge in [0.2, 0.25) is 0 Å². The van der Waals surface area contributed by atoms with Gasteiger partial charge in [0.15, 0.2) is 0 Å². The molecule has 0 bridgehead atoms. The first kappa shape index (κ1) is 17.3. The van der Waals surface area contributed by atoms with Crippen LogP contribution in [0.25, 0.3) is 0 Å². The summed E-state index contributed by atoms with van der Waals surface area (Å²) in [6, 6.07) is 8.28. The van der Waals surface area contributed by atoms with Gasteiger partial charge in [-0.1, -0.05) is 36.8 Å². The summed E-state index contributed by atoms with van der Waals surface area (Å²) >= 11 is 0. The maximum Gasteiger partial charge on any atom is 0.408 e. The van der Waals surface area contributed by atoms with Crippen molar-refractivity contribution in [3.05, 3.63) is 35.9 Å². The first-order valence-electron chi connectivity index (χ1n) is 7.74. The van der Waals surface area contributed by atoms with Crippen molar-refractivity contribution < 1.29 is 24.2 Å². The molecule has 1 atom stereocenters. The van der Waals surface area contributed by atoms with Crippen molar-refractivity contribution in [2.24, 2.45) is 5.41 Å². The summed E-state index contributed by atoms with van der Waals surface area (Å²) in [6.07, 6.45) is 2.55. The Kier molecular flexibility index (Phi) is 5.98. The predicted molar refractivity (Wildman–Crippen MR) is 84.0 cm³/mol. The Morgan fingerprint density at radius 2 is 2.00 bits per heavy atom. The number of carboxylic acids is 1. The van der Waals surface area contributed by atoms with Crippen LogP contribution in [0.5, 0.6) is 0 Å². The van der Waals surface area contributed by atoms with Crippen molar-refractivity contribution in [2.75, 3.05) is 13.7 Å². The van der Waals surface area contributed by atoms with Crippen molar-refractivity contribution >= 4 is 12.1 Å². The number of carboxylic acid groups (broad SMARTS) is 1. The van der Waals surface area contributed by atoms with Crippen LogP contribution >= 0.6 is 0 Å². The van der Waals surface area contributed by atoms with Gasteiger partial charge in [-0.15, -0.1) is 0 Å². The molecule has 1 aromatic rings. The van der Waals surface area contributed by atoms with Gasteiger partial charge in [-0.05, 0) is 30.2 Å². The van der Waals surface area contributed by atoms with Crippen LogP contribution in [0.4, 0.5) is 4.79 Å². The smallest absolute Gasteiger partial charge is 0.408 e. The molecule has 0 heterocycles. The maximum absolute atomic E-state index is 11.9. The molecule has 126 valence electrons. The quantitative estimate of drug-likeness (QED) is 0.768. The van der Waals surface area contributed by atoms with Gasteiger partial charge in [0.25, 0.3) is 0 Å². The van der Waals surface area contributed by atoms with E-state index in [4.69, 9.17) is 9.47 Å². The SMILES string of the molecule is COCC1(CC(NC(=O)OCc2ccccc2)C(=O)O)CCC1. The lowest BCUT2D eigenvalue weighted by Gasteiger charge is -2.42. The second kappa shape index (κ2) is 7.97. The predicted octanol–water partition coefficient (Wildman–Crippen LogP) is 2.57. The maximum atomic E-state index is 11.9. The zero-order chi connectivity index (χ0) is 16.7. The number of benzene rings is 1. The van der Waals surface area contributed by atoms with E-state index in [9.17, 15) is 14.7 Å². The number of methoxy groups -OCH3 is 1. The van der Waals surface area contributed by atoms with Gasteiger partial charge in [-0.2, -0.15) is 0 Å². The molecular weight excluding hydrogens is 298 g/mol. The fourth-order valence-electron chi connectivity index (χ4n) is 2.93. The van der Waals surface area contributed by atoms with Gasteiger partial charge in [-0.3, -0.25) is 0 Å². The highest BCUT2D eigenvalue weighted by molar-refractivity contribution is 5.79. The zero-order valence-corrected chi connectivity index (χ0v) is 13.3. The van der Waals surface area contributed by atoms with Crippen molar-refractivity contribution in [2.45, 2.75) is 38.3 Å². The van der Waals surface area contributed by atoms with E-state index in [2.05, 4.69) is 5.32 Å². The van der Waals surface area contributed by atoms with Crippen LogP contribution in [0, 0.1) is 5.41 Å². The molecule has 0 radical (unpaired) electrons. The molecule has 0 aliphatic heterocycles. The standard InChI is InChI=1S/C17H23NO5/c1-22-12-17(8-5-9-17)10-14(15(19)20)18-16(21)23-11-13-6-3-2-4-7-13/h2-4,6-7,14H,5,8-12H2,1H3,(H,18,21)(H,19,20). The summed E-state index contributed by atoms with van der Waals surface area (Å²) in [5.41, 5.74) is 0.703. The van der Waals surface area contributed by atoms with E-state index >= 15 is 0 Å². The number of hydrogen-bond acceptors (Lipinski definition) is 4. The van der Waals surface area contributed by atoms with Crippen molar-refractivity contribution in [3.8, 4) is 0 Å². The van der Waals surface area contributed by atoms with E-state index in [0.717, 1.165) is 24.8 Å². The van der Waals surface area contributed by atoms with Gasteiger partial charge < -0.3 is 19.9 Å². The highest BCUT2D eigenvalue weighted by atomic mass is 16.5. The van der Waals surface area contributed by atoms with Crippen LogP contribution in [-0.2, 0) is 20.9 Å². The van der Waals surface area contributed by atoms with Crippen LogP contribution in [-0.4, -0.2) is 36.9 Å². The molecule has 1 saturated carbocycles. The highest BCUT2D eigenvalue weighted by Crippen LogP contribution is 2.44. The topological polar surface area (TPSA) is 84.9 Å². The van der Waals surface area contributed by atoms with E-state index in [-0.39, 0.29) is 12.0 Å². The van der Waals surface area contributed by atoms with Gasteiger partial charge >= 0.3 is 12.1 Å². The van der Waals surface area contributed by atoms with Crippen LogP contribution < -0.4 is 5.32 Å². The second-order valence-corrected chi connectivity index (χ2v) is 6.09. The third-order valence-electron chi connectivity index (χ3n) is 4.30. The van der Waals surface area contributed by atoms with Gasteiger partial charge in [-0.25, -0.2) is 9.59 Å². The third kappa shape index (κ3) is 4.96. The van der Waals surface area contributed by atoms with Crippen molar-refractivity contribution in [1.82, 2.24) is 5.32 Å². The number of carbonyl (C=O) groups excluding carboxylic acids is 1. The Bertz CT molecular complexity index is 527. The molecule has 6 heteroatoms. The summed E-state index contributed by atoms with van der Waals surface area (Å²) in [5.74, 6) is -1.05. The minimum Gasteiger partial charge on any atom is -0.480 e. The van der Waals surface area contributed by atoms with E-state index in [0.29, 0.717) is 13.0 Å². The summed E-state index contributed by atoms with van der Waals surface area (Å²) < 4.78 is 10.3. The summed E-state index contributed by atoms with van der Waals surface area (Å²) in [7, 11) is 1.61. The van der Waals surface area contributed by atoms with Gasteiger partial charge in [0, 0.05) is 7.11 Å². The first-order chi connectivity index (χ1) is 11.0. The molecule has 1 fully saturated rings. The van der Waals surface area contributed by atoms with E-state index in [1.165, 1.54) is 0 Å². The monoisotopic (exact) mass is 321 g/mol. The molecule has 1 aliphatic rings. The zero-order valence-electron chi connectivity index (χ0n) is 13.3. The number of carbonyl (C=O) groups is 2. The normalized spacial score (nSPS) is 16.9. The average Bonchev–Trinajstić information content (AvgIpc) is 2.51. The lowest BCUT2D eigenvalue weighted by atomic mass is 9.66. The molecular formula is C17H23NO5. The van der Waals surface area contributed by atoms with Crippen LogP contribution in [0.3, 0.4) is 0 Å². The molecule has 1 aliphatic carbocycles. The number of nitrogens with one attached hydrogen (secondary N) is 1. The fraction of sp³-hybridized carbons (Fsp3) is 0.529. The first-order valence-corrected chi connectivity index (χ1v) is 7.74. The van der Waals surface area contributed by atoms with Crippen LogP contribution in [0.15, 0.2) is 30.3 Å². The molecule has 0 saturated heterocycles. The number of alkyl carbamates (subject to hydrolysis) is 1. The largest absolute Gasteiger partial charge is 0.480 e. The summed E-state index contributed by atoms with van der Waals surface area (Å²) in [4.78, 5) is 23.3. The minimum absolute atomic E-state index is 0.113. The molecule has 1 aromatic carbocycles. The second-order valence-electron chi connectivity index (χ2n) is 6.09. The Hall–Kier alpha value is -2.08. The Morgan fingerprint density at radius 3 is 2.52 bits per heavy atom. The lowest BCUT2D eigenvalue weighted by Crippen LogP contribution is -2.47. The molecule has 2 rings (SSSR count). The summed E-state index contributed by atoms with van der Waals surface area (Å²) in [5, 5.41) is 11.8. The number of rotatable bonds is 8. The van der Waals surface area contributed by atoms with Gasteiger partial charge in [0.1, 0.15) is 12.6 Å². The average molecular weight is 321 g/mol. The Morgan fingerprint density at radius 1 is 1.30 bits per heavy atom. The third-order valence-corrected chi connectivity index (χ3v) is 4.30. The molecule has 6 nitrogen and oxygen atoms in total. The molecule has 1 unspecified atom stereocenters. The molecule has 2 N–H and O–H groups in total. The van der Waals surface area contributed by atoms with Gasteiger partial charge in [0.05, 0.1) is 6.61 Å². The highest BCUT2D eigenvalue weighted by Gasteiger charge is 2.41. The minimum atomic E-state index is -1.05. The number of ether oxygens (including phenoxy) is 2. The lowest BCUT2D eigenvalue weighted by molar-refractivity contribution is -0.141. The fourth-order valence-corrected chi connectivity index (χ4v) is 2.93.